The number of hydrogen-bond acceptors (Lipinski definition) is 5. The number of benzene rings is 1. The predicted octanol–water partition coefficient (Wildman–Crippen LogP) is 3.25. The zero-order valence-corrected chi connectivity index (χ0v) is 15.2. The second kappa shape index (κ2) is 7.68. The molecule has 26 heavy (non-hydrogen) atoms. The Morgan fingerprint density at radius 1 is 1.19 bits per heavy atom. The number of pyridine rings is 1. The maximum atomic E-state index is 11.9. The van der Waals surface area contributed by atoms with Gasteiger partial charge in [0.05, 0.1) is 6.10 Å². The summed E-state index contributed by atoms with van der Waals surface area (Å²) >= 11 is 5.85. The van der Waals surface area contributed by atoms with Crippen LogP contribution in [0.4, 0.5) is 5.82 Å². The van der Waals surface area contributed by atoms with E-state index in [0.717, 1.165) is 5.56 Å². The van der Waals surface area contributed by atoms with Crippen molar-refractivity contribution in [2.75, 3.05) is 11.9 Å². The number of nitrogens with one attached hydrogen (secondary N) is 2. The molecule has 3 aromatic rings. The Morgan fingerprint density at radius 2 is 1.92 bits per heavy atom. The Labute approximate surface area is 155 Å². The molecule has 0 fully saturated rings. The number of aliphatic hydroxyl groups excluding tert-OH is 1. The van der Waals surface area contributed by atoms with Gasteiger partial charge in [-0.15, -0.1) is 0 Å². The molecule has 2 aromatic heterocycles. The van der Waals surface area contributed by atoms with Crippen molar-refractivity contribution in [2.45, 2.75) is 20.0 Å². The lowest BCUT2D eigenvalue weighted by Gasteiger charge is -2.13. The van der Waals surface area contributed by atoms with Crippen molar-refractivity contribution in [1.29, 1.82) is 0 Å². The lowest BCUT2D eigenvalue weighted by molar-refractivity contribution is 0.191. The second-order valence-electron chi connectivity index (χ2n) is 6.01. The van der Waals surface area contributed by atoms with Gasteiger partial charge in [0.25, 0.3) is 5.56 Å². The Kier molecular flexibility index (Phi) is 5.35. The Morgan fingerprint density at radius 3 is 2.54 bits per heavy atom. The smallest absolute Gasteiger partial charge is 0.254 e. The van der Waals surface area contributed by atoms with Crippen LogP contribution in [0.2, 0.25) is 5.02 Å². The maximum absolute atomic E-state index is 11.9. The molecular weight excluding hydrogens is 352 g/mol. The first-order valence-corrected chi connectivity index (χ1v) is 8.53. The molecule has 0 amide bonds. The monoisotopic (exact) mass is 370 g/mol. The van der Waals surface area contributed by atoms with Crippen LogP contribution in [0, 0.1) is 13.8 Å². The summed E-state index contributed by atoms with van der Waals surface area (Å²) in [6, 6.07) is 10.6. The lowest BCUT2D eigenvalue weighted by Crippen LogP contribution is -2.14. The summed E-state index contributed by atoms with van der Waals surface area (Å²) in [4.78, 5) is 23.3. The number of halogens is 1. The van der Waals surface area contributed by atoms with E-state index in [0.29, 0.717) is 40.0 Å². The molecule has 3 rings (SSSR count). The largest absolute Gasteiger partial charge is 0.387 e. The minimum absolute atomic E-state index is 0.152. The Hall–Kier alpha value is -2.70. The number of hydrogen-bond donors (Lipinski definition) is 3. The summed E-state index contributed by atoms with van der Waals surface area (Å²) in [5, 5.41) is 13.9. The summed E-state index contributed by atoms with van der Waals surface area (Å²) in [6.45, 7) is 3.85. The summed E-state index contributed by atoms with van der Waals surface area (Å²) < 4.78 is 0. The molecule has 1 unspecified atom stereocenters. The average Bonchev–Trinajstić information content (AvgIpc) is 2.65. The van der Waals surface area contributed by atoms with Crippen LogP contribution in [0.15, 0.2) is 47.4 Å². The molecule has 0 saturated carbocycles. The molecular formula is C19H19ClN4O2. The lowest BCUT2D eigenvalue weighted by atomic mass is 10.1. The molecule has 0 bridgehead atoms. The second-order valence-corrected chi connectivity index (χ2v) is 6.44. The van der Waals surface area contributed by atoms with Crippen molar-refractivity contribution in [3.8, 4) is 11.4 Å². The molecule has 0 radical (unpaired) electrons. The Balaban J connectivity index is 1.68. The molecule has 0 aliphatic heterocycles. The zero-order valence-electron chi connectivity index (χ0n) is 14.5. The highest BCUT2D eigenvalue weighted by Crippen LogP contribution is 2.18. The van der Waals surface area contributed by atoms with Gasteiger partial charge in [-0.1, -0.05) is 23.7 Å². The van der Waals surface area contributed by atoms with Gasteiger partial charge < -0.3 is 15.4 Å². The van der Waals surface area contributed by atoms with Crippen molar-refractivity contribution >= 4 is 17.4 Å². The van der Waals surface area contributed by atoms with Crippen LogP contribution in [-0.2, 0) is 0 Å². The van der Waals surface area contributed by atoms with Crippen molar-refractivity contribution < 1.29 is 5.11 Å². The minimum Gasteiger partial charge on any atom is -0.387 e. The van der Waals surface area contributed by atoms with Crippen molar-refractivity contribution in [2.24, 2.45) is 0 Å². The topological polar surface area (TPSA) is 90.9 Å². The van der Waals surface area contributed by atoms with E-state index in [2.05, 4.69) is 20.3 Å². The van der Waals surface area contributed by atoms with E-state index in [4.69, 9.17) is 11.6 Å². The third-order valence-electron chi connectivity index (χ3n) is 4.16. The standard InChI is InChI=1S/C19H19ClN4O2/c1-11-12(2)23-18(24-19(11)26)14-5-8-17(21-9-14)22-10-16(25)13-3-6-15(20)7-4-13/h3-9,16,25H,10H2,1-2H3,(H,21,22)(H,23,24,26). The highest BCUT2D eigenvalue weighted by molar-refractivity contribution is 6.30. The molecule has 2 heterocycles. The normalized spacial score (nSPS) is 12.0. The van der Waals surface area contributed by atoms with E-state index in [1.165, 1.54) is 0 Å². The van der Waals surface area contributed by atoms with E-state index < -0.39 is 6.10 Å². The van der Waals surface area contributed by atoms with Crippen molar-refractivity contribution in [3.63, 3.8) is 0 Å². The molecule has 0 aliphatic rings. The molecule has 6 nitrogen and oxygen atoms in total. The van der Waals surface area contributed by atoms with Gasteiger partial charge in [-0.25, -0.2) is 9.97 Å². The fraction of sp³-hybridized carbons (Fsp3) is 0.211. The number of aromatic nitrogens is 3. The summed E-state index contributed by atoms with van der Waals surface area (Å²) in [7, 11) is 0. The average molecular weight is 371 g/mol. The van der Waals surface area contributed by atoms with Crippen molar-refractivity contribution in [3.05, 3.63) is 74.8 Å². The predicted molar refractivity (Wildman–Crippen MR) is 102 cm³/mol. The number of rotatable bonds is 5. The molecule has 1 atom stereocenters. The van der Waals surface area contributed by atoms with Crippen LogP contribution in [0.5, 0.6) is 0 Å². The van der Waals surface area contributed by atoms with Crippen LogP contribution in [-0.4, -0.2) is 26.6 Å². The Bertz CT molecular complexity index is 953. The van der Waals surface area contributed by atoms with E-state index in [9.17, 15) is 9.90 Å². The first-order chi connectivity index (χ1) is 12.4. The highest BCUT2D eigenvalue weighted by Gasteiger charge is 2.09. The third kappa shape index (κ3) is 4.09. The first-order valence-electron chi connectivity index (χ1n) is 8.15. The SMILES string of the molecule is Cc1nc(-c2ccc(NCC(O)c3ccc(Cl)cc3)nc2)[nH]c(=O)c1C. The molecule has 7 heteroatoms. The van der Waals surface area contributed by atoms with Gasteiger partial charge in [-0.3, -0.25) is 4.79 Å². The maximum Gasteiger partial charge on any atom is 0.254 e. The molecule has 1 aromatic carbocycles. The van der Waals surface area contributed by atoms with Gasteiger partial charge in [-0.2, -0.15) is 0 Å². The number of anilines is 1. The number of H-pyrrole nitrogens is 1. The van der Waals surface area contributed by atoms with Gasteiger partial charge in [0.15, 0.2) is 0 Å². The first kappa shape index (κ1) is 18.1. The molecule has 0 spiro atoms. The molecule has 134 valence electrons. The number of aliphatic hydroxyl groups is 1. The highest BCUT2D eigenvalue weighted by atomic mass is 35.5. The summed E-state index contributed by atoms with van der Waals surface area (Å²) in [6.07, 6.45) is 0.954. The third-order valence-corrected chi connectivity index (χ3v) is 4.41. The zero-order chi connectivity index (χ0) is 18.7. The van der Waals surface area contributed by atoms with Gasteiger partial charge >= 0.3 is 0 Å². The summed E-state index contributed by atoms with van der Waals surface area (Å²) in [5.74, 6) is 1.10. The van der Waals surface area contributed by atoms with Gasteiger partial charge in [-0.05, 0) is 43.7 Å². The number of nitrogens with zero attached hydrogens (tertiary/aromatic N) is 2. The van der Waals surface area contributed by atoms with Crippen molar-refractivity contribution in [1.82, 2.24) is 15.0 Å². The van der Waals surface area contributed by atoms with E-state index >= 15 is 0 Å². The van der Waals surface area contributed by atoms with Crippen LogP contribution in [0.1, 0.15) is 22.9 Å². The summed E-state index contributed by atoms with van der Waals surface area (Å²) in [5.41, 5.74) is 2.64. The van der Waals surface area contributed by atoms with Gasteiger partial charge in [0.1, 0.15) is 11.6 Å². The fourth-order valence-electron chi connectivity index (χ4n) is 2.42. The molecule has 0 saturated heterocycles. The van der Waals surface area contributed by atoms with Crippen LogP contribution < -0.4 is 10.9 Å². The van der Waals surface area contributed by atoms with Crippen LogP contribution in [0.25, 0.3) is 11.4 Å². The van der Waals surface area contributed by atoms with Gasteiger partial charge in [0, 0.05) is 34.6 Å². The molecule has 3 N–H and O–H groups in total. The number of aromatic amines is 1. The van der Waals surface area contributed by atoms with E-state index in [-0.39, 0.29) is 5.56 Å². The van der Waals surface area contributed by atoms with Crippen LogP contribution in [0.3, 0.4) is 0 Å². The number of aryl methyl sites for hydroxylation is 1. The van der Waals surface area contributed by atoms with Gasteiger partial charge in [0.2, 0.25) is 0 Å². The van der Waals surface area contributed by atoms with E-state index in [1.54, 1.807) is 50.4 Å². The van der Waals surface area contributed by atoms with E-state index in [1.807, 2.05) is 6.07 Å². The van der Waals surface area contributed by atoms with Crippen LogP contribution >= 0.6 is 11.6 Å². The quantitative estimate of drug-likeness (QED) is 0.641. The minimum atomic E-state index is -0.675. The fourth-order valence-corrected chi connectivity index (χ4v) is 2.55. The molecule has 0 aliphatic carbocycles.